The molecule has 0 saturated carbocycles. The molecule has 0 unspecified atom stereocenters. The Kier molecular flexibility index (Phi) is 4.61. The average molecular weight is 418 g/mol. The Morgan fingerprint density at radius 2 is 1.94 bits per heavy atom. The van der Waals surface area contributed by atoms with Crippen molar-refractivity contribution in [2.45, 2.75) is 51.6 Å². The lowest BCUT2D eigenvalue weighted by Crippen LogP contribution is -2.51. The SMILES string of the molecule is Cc1nc2ccc(C(=O)N3CCC4(CC3)Cc3ccc(C(C)C)cc3C(=O)O4)cc2[nH]1. The predicted molar refractivity (Wildman–Crippen MR) is 118 cm³/mol. The molecule has 1 N–H and O–H groups in total. The minimum absolute atomic E-state index is 0.00751. The zero-order valence-corrected chi connectivity index (χ0v) is 18.2. The Labute approximate surface area is 181 Å². The average Bonchev–Trinajstić information content (AvgIpc) is 3.12. The van der Waals surface area contributed by atoms with Crippen LogP contribution in [0.25, 0.3) is 11.0 Å². The number of benzene rings is 2. The molecule has 6 nitrogen and oxygen atoms in total. The van der Waals surface area contributed by atoms with Crippen molar-refractivity contribution in [2.24, 2.45) is 0 Å². The number of hydrogen-bond donors (Lipinski definition) is 1. The minimum atomic E-state index is -0.509. The molecule has 3 heterocycles. The van der Waals surface area contributed by atoms with Gasteiger partial charge in [0, 0.05) is 37.9 Å². The largest absolute Gasteiger partial charge is 0.455 e. The van der Waals surface area contributed by atoms with Gasteiger partial charge in [-0.05, 0) is 48.2 Å². The number of piperidine rings is 1. The normalized spacial score (nSPS) is 17.8. The van der Waals surface area contributed by atoms with Crippen molar-refractivity contribution < 1.29 is 14.3 Å². The number of esters is 1. The van der Waals surface area contributed by atoms with Gasteiger partial charge in [-0.25, -0.2) is 9.78 Å². The molecule has 1 saturated heterocycles. The van der Waals surface area contributed by atoms with Gasteiger partial charge >= 0.3 is 5.97 Å². The van der Waals surface area contributed by atoms with Crippen LogP contribution in [0.3, 0.4) is 0 Å². The Hall–Kier alpha value is -3.15. The van der Waals surface area contributed by atoms with Gasteiger partial charge in [-0.2, -0.15) is 0 Å². The number of nitrogens with one attached hydrogen (secondary N) is 1. The second-order valence-electron chi connectivity index (χ2n) is 9.17. The van der Waals surface area contributed by atoms with Gasteiger partial charge in [0.25, 0.3) is 5.91 Å². The van der Waals surface area contributed by atoms with Crippen molar-refractivity contribution >= 4 is 22.9 Å². The van der Waals surface area contributed by atoms with Gasteiger partial charge in [0.2, 0.25) is 0 Å². The van der Waals surface area contributed by atoms with E-state index in [0.29, 0.717) is 49.4 Å². The standard InChI is InChI=1S/C25H27N3O3/c1-15(2)17-4-5-19-14-25(31-24(30)20(19)12-17)8-10-28(11-9-25)23(29)18-6-7-21-22(13-18)27-16(3)26-21/h4-7,12-13,15H,8-11,14H2,1-3H3,(H,26,27). The van der Waals surface area contributed by atoms with Gasteiger partial charge in [0.1, 0.15) is 11.4 Å². The Bertz CT molecular complexity index is 1190. The highest BCUT2D eigenvalue weighted by Gasteiger charge is 2.43. The highest BCUT2D eigenvalue weighted by Crippen LogP contribution is 2.37. The van der Waals surface area contributed by atoms with Gasteiger partial charge in [0.05, 0.1) is 16.6 Å². The van der Waals surface area contributed by atoms with Gasteiger partial charge in [-0.1, -0.05) is 26.0 Å². The minimum Gasteiger partial charge on any atom is -0.455 e. The van der Waals surface area contributed by atoms with Crippen LogP contribution in [0.1, 0.15) is 70.3 Å². The molecule has 1 spiro atoms. The topological polar surface area (TPSA) is 75.3 Å². The molecule has 0 radical (unpaired) electrons. The number of carbonyl (C=O) groups excluding carboxylic acids is 2. The van der Waals surface area contributed by atoms with Crippen LogP contribution in [0, 0.1) is 6.92 Å². The van der Waals surface area contributed by atoms with E-state index >= 15 is 0 Å². The van der Waals surface area contributed by atoms with E-state index in [1.807, 2.05) is 36.1 Å². The van der Waals surface area contributed by atoms with Crippen LogP contribution < -0.4 is 0 Å². The summed E-state index contributed by atoms with van der Waals surface area (Å²) in [6, 6.07) is 11.7. The molecular formula is C25H27N3O3. The summed E-state index contributed by atoms with van der Waals surface area (Å²) in [7, 11) is 0. The zero-order chi connectivity index (χ0) is 21.8. The van der Waals surface area contributed by atoms with Gasteiger partial charge in [-0.15, -0.1) is 0 Å². The summed E-state index contributed by atoms with van der Waals surface area (Å²) in [5.41, 5.74) is 4.77. The van der Waals surface area contributed by atoms with E-state index in [1.165, 1.54) is 0 Å². The molecule has 3 aromatic rings. The lowest BCUT2D eigenvalue weighted by Gasteiger charge is -2.43. The summed E-state index contributed by atoms with van der Waals surface area (Å²) < 4.78 is 5.98. The maximum atomic E-state index is 13.1. The molecule has 1 aromatic heterocycles. The van der Waals surface area contributed by atoms with Gasteiger partial charge in [0.15, 0.2) is 0 Å². The number of aryl methyl sites for hydroxylation is 1. The van der Waals surface area contributed by atoms with Crippen molar-refractivity contribution in [1.82, 2.24) is 14.9 Å². The summed E-state index contributed by atoms with van der Waals surface area (Å²) in [4.78, 5) is 35.3. The first kappa shape index (κ1) is 19.8. The number of ether oxygens (including phenoxy) is 1. The molecule has 160 valence electrons. The third kappa shape index (κ3) is 3.50. The summed E-state index contributed by atoms with van der Waals surface area (Å²) in [5.74, 6) is 0.976. The Morgan fingerprint density at radius 3 is 2.68 bits per heavy atom. The predicted octanol–water partition coefficient (Wildman–Crippen LogP) is 4.38. The van der Waals surface area contributed by atoms with Gasteiger partial charge < -0.3 is 14.6 Å². The number of nitrogens with zero attached hydrogens (tertiary/aromatic N) is 2. The third-order valence-electron chi connectivity index (χ3n) is 6.65. The van der Waals surface area contributed by atoms with Crippen molar-refractivity contribution in [3.05, 3.63) is 64.5 Å². The second-order valence-corrected chi connectivity index (χ2v) is 9.17. The van der Waals surface area contributed by atoms with E-state index in [1.54, 1.807) is 0 Å². The van der Waals surface area contributed by atoms with E-state index < -0.39 is 5.60 Å². The maximum Gasteiger partial charge on any atom is 0.338 e. The molecule has 6 heteroatoms. The maximum absolute atomic E-state index is 13.1. The summed E-state index contributed by atoms with van der Waals surface area (Å²) in [5, 5.41) is 0. The van der Waals surface area contributed by atoms with Crippen molar-refractivity contribution in [2.75, 3.05) is 13.1 Å². The summed E-state index contributed by atoms with van der Waals surface area (Å²) in [6.45, 7) is 7.29. The molecule has 0 aliphatic carbocycles. The van der Waals surface area contributed by atoms with Crippen molar-refractivity contribution in [1.29, 1.82) is 0 Å². The highest BCUT2D eigenvalue weighted by molar-refractivity contribution is 5.97. The molecule has 5 rings (SSSR count). The van der Waals surface area contributed by atoms with Crippen LogP contribution in [0.5, 0.6) is 0 Å². The van der Waals surface area contributed by atoms with Crippen LogP contribution >= 0.6 is 0 Å². The van der Waals surface area contributed by atoms with Crippen LogP contribution in [-0.2, 0) is 11.2 Å². The first-order valence-electron chi connectivity index (χ1n) is 11.0. The molecule has 31 heavy (non-hydrogen) atoms. The van der Waals surface area contributed by atoms with E-state index in [2.05, 4.69) is 35.9 Å². The first-order valence-corrected chi connectivity index (χ1v) is 11.0. The molecular weight excluding hydrogens is 390 g/mol. The Morgan fingerprint density at radius 1 is 1.16 bits per heavy atom. The number of hydrogen-bond acceptors (Lipinski definition) is 4. The number of fused-ring (bicyclic) bond motifs is 2. The van der Waals surface area contributed by atoms with E-state index in [4.69, 9.17) is 4.74 Å². The number of amides is 1. The number of aromatic amines is 1. The van der Waals surface area contributed by atoms with Crippen LogP contribution in [-0.4, -0.2) is 45.4 Å². The first-order chi connectivity index (χ1) is 14.8. The van der Waals surface area contributed by atoms with E-state index in [0.717, 1.165) is 28.0 Å². The quantitative estimate of drug-likeness (QED) is 0.628. The Balaban J connectivity index is 1.31. The fourth-order valence-electron chi connectivity index (χ4n) is 4.78. The summed E-state index contributed by atoms with van der Waals surface area (Å²) in [6.07, 6.45) is 2.02. The smallest absolute Gasteiger partial charge is 0.338 e. The number of rotatable bonds is 2. The van der Waals surface area contributed by atoms with E-state index in [9.17, 15) is 9.59 Å². The number of imidazole rings is 1. The van der Waals surface area contributed by atoms with Crippen molar-refractivity contribution in [3.8, 4) is 0 Å². The molecule has 2 aliphatic heterocycles. The second kappa shape index (κ2) is 7.22. The van der Waals surface area contributed by atoms with E-state index in [-0.39, 0.29) is 11.9 Å². The lowest BCUT2D eigenvalue weighted by molar-refractivity contribution is -0.0527. The number of carbonyl (C=O) groups is 2. The molecule has 2 aromatic carbocycles. The fraction of sp³-hybridized carbons (Fsp3) is 0.400. The zero-order valence-electron chi connectivity index (χ0n) is 18.2. The van der Waals surface area contributed by atoms with Crippen LogP contribution in [0.15, 0.2) is 36.4 Å². The molecule has 2 aliphatic rings. The molecule has 0 atom stereocenters. The number of likely N-dealkylation sites (tertiary alicyclic amines) is 1. The summed E-state index contributed by atoms with van der Waals surface area (Å²) >= 11 is 0. The van der Waals surface area contributed by atoms with Crippen LogP contribution in [0.2, 0.25) is 0 Å². The third-order valence-corrected chi connectivity index (χ3v) is 6.65. The highest BCUT2D eigenvalue weighted by atomic mass is 16.6. The number of H-pyrrole nitrogens is 1. The number of aromatic nitrogens is 2. The van der Waals surface area contributed by atoms with Gasteiger partial charge in [-0.3, -0.25) is 4.79 Å². The molecule has 0 bridgehead atoms. The fourth-order valence-corrected chi connectivity index (χ4v) is 4.78. The van der Waals surface area contributed by atoms with Crippen LogP contribution in [0.4, 0.5) is 0 Å². The van der Waals surface area contributed by atoms with Crippen molar-refractivity contribution in [3.63, 3.8) is 0 Å². The molecule has 1 amide bonds. The lowest BCUT2D eigenvalue weighted by atomic mass is 9.80. The monoisotopic (exact) mass is 417 g/mol. The molecule has 1 fully saturated rings.